The van der Waals surface area contributed by atoms with Gasteiger partial charge in [-0.1, -0.05) is 29.8 Å². The molecular weight excluding hydrogens is 318 g/mol. The Morgan fingerprint density at radius 3 is 2.71 bits per heavy atom. The van der Waals surface area contributed by atoms with Crippen LogP contribution in [0.2, 0.25) is 0 Å². The van der Waals surface area contributed by atoms with Crippen LogP contribution in [0.5, 0.6) is 0 Å². The number of benzene rings is 1. The Labute approximate surface area is 145 Å². The molecule has 0 fully saturated rings. The summed E-state index contributed by atoms with van der Waals surface area (Å²) < 4.78 is 0. The Bertz CT molecular complexity index is 858. The lowest BCUT2D eigenvalue weighted by Crippen LogP contribution is -2.29. The summed E-state index contributed by atoms with van der Waals surface area (Å²) >= 11 is 1.36. The molecule has 0 aliphatic heterocycles. The molecule has 1 atom stereocenters. The molecule has 3 rings (SSSR count). The van der Waals surface area contributed by atoms with E-state index in [1.165, 1.54) is 11.3 Å². The second-order valence-electron chi connectivity index (χ2n) is 5.82. The van der Waals surface area contributed by atoms with Gasteiger partial charge in [-0.05, 0) is 43.5 Å². The molecule has 0 saturated carbocycles. The van der Waals surface area contributed by atoms with E-state index in [1.807, 2.05) is 19.1 Å². The fraction of sp³-hybridized carbons (Fsp3) is 0.211. The minimum absolute atomic E-state index is 0.107. The highest BCUT2D eigenvalue weighted by Crippen LogP contribution is 2.26. The summed E-state index contributed by atoms with van der Waals surface area (Å²) in [6, 6.07) is 9.91. The molecule has 3 aromatic rings. The summed E-state index contributed by atoms with van der Waals surface area (Å²) in [7, 11) is 0. The second-order valence-corrected chi connectivity index (χ2v) is 6.67. The topological polar surface area (TPSA) is 54.9 Å². The van der Waals surface area contributed by atoms with Crippen molar-refractivity contribution in [1.82, 2.24) is 15.3 Å². The minimum Gasteiger partial charge on any atom is -0.340 e. The predicted molar refractivity (Wildman–Crippen MR) is 96.3 cm³/mol. The van der Waals surface area contributed by atoms with Crippen molar-refractivity contribution in [1.29, 1.82) is 0 Å². The first-order valence-electron chi connectivity index (χ1n) is 7.74. The van der Waals surface area contributed by atoms with Crippen LogP contribution in [-0.2, 0) is 0 Å². The molecule has 122 valence electrons. The van der Waals surface area contributed by atoms with Crippen molar-refractivity contribution in [2.45, 2.75) is 26.8 Å². The molecule has 1 N–H and O–H groups in total. The highest BCUT2D eigenvalue weighted by molar-refractivity contribution is 7.11. The first kappa shape index (κ1) is 16.3. The molecule has 0 aliphatic rings. The van der Waals surface area contributed by atoms with Gasteiger partial charge in [0.25, 0.3) is 5.91 Å². The number of nitrogens with one attached hydrogen (secondary N) is 1. The number of hydrogen-bond acceptors (Lipinski definition) is 4. The van der Waals surface area contributed by atoms with E-state index < -0.39 is 0 Å². The standard InChI is InChI=1S/C19H19N3OS/c1-12-6-7-13(2)16(9-12)17(15-5-4-8-20-10-15)22-19(23)18-14(3)21-11-24-18/h4-11,17H,1-3H3,(H,22,23)/t17-/m0/s1. The number of aromatic nitrogens is 2. The number of nitrogens with zero attached hydrogens (tertiary/aromatic N) is 2. The molecular formula is C19H19N3OS. The Hall–Kier alpha value is -2.53. The molecule has 0 unspecified atom stereocenters. The second kappa shape index (κ2) is 6.93. The molecule has 5 heteroatoms. The molecule has 0 bridgehead atoms. The Morgan fingerprint density at radius 2 is 2.04 bits per heavy atom. The third kappa shape index (κ3) is 3.36. The zero-order valence-electron chi connectivity index (χ0n) is 13.9. The van der Waals surface area contributed by atoms with Gasteiger partial charge in [0.1, 0.15) is 4.88 Å². The van der Waals surface area contributed by atoms with Gasteiger partial charge in [-0.2, -0.15) is 0 Å². The van der Waals surface area contributed by atoms with Gasteiger partial charge in [0, 0.05) is 12.4 Å². The Kier molecular flexibility index (Phi) is 4.71. The van der Waals surface area contributed by atoms with Crippen molar-refractivity contribution in [3.8, 4) is 0 Å². The summed E-state index contributed by atoms with van der Waals surface area (Å²) in [6.07, 6.45) is 3.53. The van der Waals surface area contributed by atoms with E-state index in [0.717, 1.165) is 27.9 Å². The third-order valence-corrected chi connectivity index (χ3v) is 4.92. The maximum absolute atomic E-state index is 12.7. The minimum atomic E-state index is -0.243. The van der Waals surface area contributed by atoms with E-state index in [4.69, 9.17) is 0 Å². The van der Waals surface area contributed by atoms with Crippen LogP contribution in [0.4, 0.5) is 0 Å². The van der Waals surface area contributed by atoms with E-state index in [2.05, 4.69) is 47.3 Å². The average molecular weight is 337 g/mol. The summed E-state index contributed by atoms with van der Waals surface area (Å²) in [5.41, 5.74) is 6.79. The summed E-state index contributed by atoms with van der Waals surface area (Å²) in [5, 5.41) is 3.15. The fourth-order valence-electron chi connectivity index (χ4n) is 2.67. The molecule has 24 heavy (non-hydrogen) atoms. The zero-order valence-corrected chi connectivity index (χ0v) is 14.7. The van der Waals surface area contributed by atoms with Crippen LogP contribution in [0.25, 0.3) is 0 Å². The number of amides is 1. The number of carbonyl (C=O) groups excluding carboxylic acids is 1. The van der Waals surface area contributed by atoms with Gasteiger partial charge in [0.05, 0.1) is 17.2 Å². The van der Waals surface area contributed by atoms with Gasteiger partial charge in [-0.15, -0.1) is 11.3 Å². The maximum Gasteiger partial charge on any atom is 0.264 e. The van der Waals surface area contributed by atoms with Crippen molar-refractivity contribution < 1.29 is 4.79 Å². The lowest BCUT2D eigenvalue weighted by Gasteiger charge is -2.21. The first-order chi connectivity index (χ1) is 11.6. The number of rotatable bonds is 4. The lowest BCUT2D eigenvalue weighted by molar-refractivity contribution is 0.0946. The van der Waals surface area contributed by atoms with Gasteiger partial charge in [0.2, 0.25) is 0 Å². The van der Waals surface area contributed by atoms with Crippen LogP contribution in [0.15, 0.2) is 48.2 Å². The third-order valence-electron chi connectivity index (χ3n) is 3.99. The van der Waals surface area contributed by atoms with Gasteiger partial charge in [-0.25, -0.2) is 4.98 Å². The average Bonchev–Trinajstić information content (AvgIpc) is 3.02. The van der Waals surface area contributed by atoms with Crippen molar-refractivity contribution in [2.24, 2.45) is 0 Å². The van der Waals surface area contributed by atoms with Crippen LogP contribution in [0.3, 0.4) is 0 Å². The first-order valence-corrected chi connectivity index (χ1v) is 8.62. The van der Waals surface area contributed by atoms with Crippen LogP contribution in [0, 0.1) is 20.8 Å². The van der Waals surface area contributed by atoms with E-state index >= 15 is 0 Å². The number of aryl methyl sites for hydroxylation is 3. The van der Waals surface area contributed by atoms with E-state index in [1.54, 1.807) is 17.9 Å². The van der Waals surface area contributed by atoms with E-state index in [0.29, 0.717) is 4.88 Å². The van der Waals surface area contributed by atoms with Crippen molar-refractivity contribution in [2.75, 3.05) is 0 Å². The van der Waals surface area contributed by atoms with E-state index in [-0.39, 0.29) is 11.9 Å². The highest BCUT2D eigenvalue weighted by atomic mass is 32.1. The monoisotopic (exact) mass is 337 g/mol. The summed E-state index contributed by atoms with van der Waals surface area (Å²) in [6.45, 7) is 5.96. The number of hydrogen-bond donors (Lipinski definition) is 1. The quantitative estimate of drug-likeness (QED) is 0.783. The van der Waals surface area contributed by atoms with Gasteiger partial charge >= 0.3 is 0 Å². The Morgan fingerprint density at radius 1 is 1.21 bits per heavy atom. The molecule has 4 nitrogen and oxygen atoms in total. The van der Waals surface area contributed by atoms with Gasteiger partial charge in [0.15, 0.2) is 0 Å². The molecule has 0 spiro atoms. The molecule has 1 aromatic carbocycles. The summed E-state index contributed by atoms with van der Waals surface area (Å²) in [5.74, 6) is -0.107. The lowest BCUT2D eigenvalue weighted by atomic mass is 9.94. The largest absolute Gasteiger partial charge is 0.340 e. The van der Waals surface area contributed by atoms with Gasteiger partial charge in [-0.3, -0.25) is 9.78 Å². The molecule has 0 saturated heterocycles. The fourth-order valence-corrected chi connectivity index (χ4v) is 3.38. The zero-order chi connectivity index (χ0) is 17.1. The maximum atomic E-state index is 12.7. The number of carbonyl (C=O) groups is 1. The van der Waals surface area contributed by atoms with Crippen molar-refractivity contribution in [3.63, 3.8) is 0 Å². The number of thiazole rings is 1. The number of pyridine rings is 1. The van der Waals surface area contributed by atoms with Crippen LogP contribution < -0.4 is 5.32 Å². The Balaban J connectivity index is 2.01. The molecule has 2 aromatic heterocycles. The highest BCUT2D eigenvalue weighted by Gasteiger charge is 2.21. The van der Waals surface area contributed by atoms with E-state index in [9.17, 15) is 4.79 Å². The molecule has 0 aliphatic carbocycles. The van der Waals surface area contributed by atoms with Crippen molar-refractivity contribution in [3.05, 3.63) is 81.1 Å². The SMILES string of the molecule is Cc1ccc(C)c([C@@H](NC(=O)c2scnc2C)c2cccnc2)c1. The van der Waals surface area contributed by atoms with Crippen LogP contribution >= 0.6 is 11.3 Å². The normalized spacial score (nSPS) is 12.0. The molecule has 2 heterocycles. The van der Waals surface area contributed by atoms with Crippen molar-refractivity contribution >= 4 is 17.2 Å². The molecule has 0 radical (unpaired) electrons. The van der Waals surface area contributed by atoms with Crippen LogP contribution in [-0.4, -0.2) is 15.9 Å². The van der Waals surface area contributed by atoms with Gasteiger partial charge < -0.3 is 5.32 Å². The van der Waals surface area contributed by atoms with Crippen LogP contribution in [0.1, 0.15) is 43.7 Å². The summed E-state index contributed by atoms with van der Waals surface area (Å²) in [4.78, 5) is 21.7. The smallest absolute Gasteiger partial charge is 0.264 e. The predicted octanol–water partition coefficient (Wildman–Crippen LogP) is 3.98. The molecule has 1 amide bonds.